The first kappa shape index (κ1) is 15.3. The molecule has 1 saturated carbocycles. The van der Waals surface area contributed by atoms with Gasteiger partial charge in [-0.1, -0.05) is 45.1 Å². The van der Waals surface area contributed by atoms with Crippen molar-refractivity contribution in [3.63, 3.8) is 0 Å². The Hall–Kier alpha value is -1.05. The van der Waals surface area contributed by atoms with Gasteiger partial charge in [0.25, 0.3) is 0 Å². The van der Waals surface area contributed by atoms with Crippen LogP contribution in [0.25, 0.3) is 0 Å². The molecule has 0 bridgehead atoms. The first-order valence-corrected chi connectivity index (χ1v) is 8.08. The summed E-state index contributed by atoms with van der Waals surface area (Å²) in [6.07, 6.45) is 15.3. The van der Waals surface area contributed by atoms with Gasteiger partial charge in [-0.2, -0.15) is 0 Å². The predicted octanol–water partition coefficient (Wildman–Crippen LogP) is 4.18. The molecule has 112 valence electrons. The van der Waals surface area contributed by atoms with Crippen LogP contribution in [0, 0.1) is 17.3 Å². The minimum Gasteiger partial charge on any atom is -0.338 e. The summed E-state index contributed by atoms with van der Waals surface area (Å²) in [5, 5.41) is 0. The third-order valence-corrected chi connectivity index (χ3v) is 4.15. The van der Waals surface area contributed by atoms with Crippen molar-refractivity contribution >= 4 is 5.91 Å². The van der Waals surface area contributed by atoms with E-state index in [2.05, 4.69) is 29.2 Å². The van der Waals surface area contributed by atoms with Crippen LogP contribution in [0.1, 0.15) is 52.9 Å². The van der Waals surface area contributed by atoms with Gasteiger partial charge in [-0.15, -0.1) is 0 Å². The van der Waals surface area contributed by atoms with E-state index in [0.717, 1.165) is 25.4 Å². The molecule has 0 N–H and O–H groups in total. The number of nitrogens with zero attached hydrogens (tertiary/aromatic N) is 1. The Labute approximate surface area is 123 Å². The molecule has 0 spiro atoms. The number of carbonyl (C=O) groups is 1. The first-order chi connectivity index (χ1) is 9.47. The van der Waals surface area contributed by atoms with E-state index >= 15 is 0 Å². The maximum Gasteiger partial charge on any atom is 0.228 e. The van der Waals surface area contributed by atoms with Crippen LogP contribution in [-0.4, -0.2) is 23.9 Å². The SMILES string of the molecule is CC(C)(C)C(=O)N(C/C=C\C1CC=CCC1)CC1CC1. The Balaban J connectivity index is 1.88. The Morgan fingerprint density at radius 2 is 2.00 bits per heavy atom. The third kappa shape index (κ3) is 4.81. The Bertz CT molecular complexity index is 385. The summed E-state index contributed by atoms with van der Waals surface area (Å²) >= 11 is 0. The molecule has 1 unspecified atom stereocenters. The van der Waals surface area contributed by atoms with Crippen molar-refractivity contribution in [2.45, 2.75) is 52.9 Å². The Morgan fingerprint density at radius 3 is 2.55 bits per heavy atom. The second-order valence-electron chi connectivity index (χ2n) is 7.38. The number of hydrogen-bond acceptors (Lipinski definition) is 1. The molecule has 2 rings (SSSR count). The fourth-order valence-electron chi connectivity index (χ4n) is 2.70. The molecule has 20 heavy (non-hydrogen) atoms. The zero-order chi connectivity index (χ0) is 14.6. The minimum atomic E-state index is -0.268. The van der Waals surface area contributed by atoms with Gasteiger partial charge in [0.1, 0.15) is 0 Å². The standard InChI is InChI=1S/C18H29NO/c1-18(2,3)17(20)19(14-16-11-12-16)13-7-10-15-8-5-4-6-9-15/h4-5,7,10,15-16H,6,8-9,11-14H2,1-3H3/b10-7-. The lowest BCUT2D eigenvalue weighted by molar-refractivity contribution is -0.139. The number of allylic oxidation sites excluding steroid dienone is 3. The van der Waals surface area contributed by atoms with Gasteiger partial charge < -0.3 is 4.90 Å². The van der Waals surface area contributed by atoms with E-state index in [9.17, 15) is 4.79 Å². The van der Waals surface area contributed by atoms with E-state index in [-0.39, 0.29) is 11.3 Å². The van der Waals surface area contributed by atoms with Gasteiger partial charge in [-0.25, -0.2) is 0 Å². The second-order valence-corrected chi connectivity index (χ2v) is 7.38. The molecule has 0 radical (unpaired) electrons. The molecule has 2 heteroatoms. The summed E-state index contributed by atoms with van der Waals surface area (Å²) in [5.41, 5.74) is -0.268. The highest BCUT2D eigenvalue weighted by Gasteiger charge is 2.31. The number of amides is 1. The van der Waals surface area contributed by atoms with E-state index in [1.54, 1.807) is 0 Å². The van der Waals surface area contributed by atoms with Crippen LogP contribution in [0.15, 0.2) is 24.3 Å². The van der Waals surface area contributed by atoms with E-state index in [1.165, 1.54) is 25.7 Å². The minimum absolute atomic E-state index is 0.268. The second kappa shape index (κ2) is 6.60. The third-order valence-electron chi connectivity index (χ3n) is 4.15. The molecule has 0 aliphatic heterocycles. The quantitative estimate of drug-likeness (QED) is 0.689. The average molecular weight is 275 g/mol. The molecule has 0 aromatic heterocycles. The molecule has 2 aliphatic rings. The highest BCUT2D eigenvalue weighted by Crippen LogP contribution is 2.31. The normalized spacial score (nSPS) is 23.2. The van der Waals surface area contributed by atoms with Crippen LogP contribution >= 0.6 is 0 Å². The van der Waals surface area contributed by atoms with Gasteiger partial charge in [0.2, 0.25) is 5.91 Å². The molecule has 1 amide bonds. The maximum atomic E-state index is 12.5. The van der Waals surface area contributed by atoms with Crippen LogP contribution in [-0.2, 0) is 4.79 Å². The van der Waals surface area contributed by atoms with Crippen molar-refractivity contribution in [3.05, 3.63) is 24.3 Å². The molecule has 0 aromatic rings. The molecular weight excluding hydrogens is 246 g/mol. The van der Waals surface area contributed by atoms with E-state index in [4.69, 9.17) is 0 Å². The van der Waals surface area contributed by atoms with Crippen LogP contribution in [0.4, 0.5) is 0 Å². The van der Waals surface area contributed by atoms with Crippen LogP contribution < -0.4 is 0 Å². The topological polar surface area (TPSA) is 20.3 Å². The molecule has 0 heterocycles. The molecule has 1 atom stereocenters. The van der Waals surface area contributed by atoms with Gasteiger partial charge in [0, 0.05) is 18.5 Å². The van der Waals surface area contributed by atoms with E-state index < -0.39 is 0 Å². The summed E-state index contributed by atoms with van der Waals surface area (Å²) in [7, 11) is 0. The van der Waals surface area contributed by atoms with Crippen molar-refractivity contribution in [1.29, 1.82) is 0 Å². The maximum absolute atomic E-state index is 12.5. The van der Waals surface area contributed by atoms with Crippen molar-refractivity contribution in [1.82, 2.24) is 4.90 Å². The molecule has 2 nitrogen and oxygen atoms in total. The monoisotopic (exact) mass is 275 g/mol. The zero-order valence-corrected chi connectivity index (χ0v) is 13.3. The van der Waals surface area contributed by atoms with Crippen LogP contribution in [0.3, 0.4) is 0 Å². The van der Waals surface area contributed by atoms with Gasteiger partial charge in [0.15, 0.2) is 0 Å². The summed E-state index contributed by atoms with van der Waals surface area (Å²) in [6, 6.07) is 0. The Morgan fingerprint density at radius 1 is 1.25 bits per heavy atom. The van der Waals surface area contributed by atoms with Gasteiger partial charge in [-0.05, 0) is 43.9 Å². The average Bonchev–Trinajstić information content (AvgIpc) is 3.21. The van der Waals surface area contributed by atoms with E-state index in [1.807, 2.05) is 20.8 Å². The van der Waals surface area contributed by atoms with Crippen molar-refractivity contribution in [2.75, 3.05) is 13.1 Å². The molecule has 0 aromatic carbocycles. The molecule has 0 saturated heterocycles. The van der Waals surface area contributed by atoms with Crippen molar-refractivity contribution in [3.8, 4) is 0 Å². The fourth-order valence-corrected chi connectivity index (χ4v) is 2.70. The molecule has 1 fully saturated rings. The summed E-state index contributed by atoms with van der Waals surface area (Å²) in [4.78, 5) is 14.6. The van der Waals surface area contributed by atoms with Gasteiger partial charge in [-0.3, -0.25) is 4.79 Å². The molecule has 2 aliphatic carbocycles. The largest absolute Gasteiger partial charge is 0.338 e. The number of carbonyl (C=O) groups excluding carboxylic acids is 1. The number of hydrogen-bond donors (Lipinski definition) is 0. The van der Waals surface area contributed by atoms with Crippen LogP contribution in [0.2, 0.25) is 0 Å². The zero-order valence-electron chi connectivity index (χ0n) is 13.3. The summed E-state index contributed by atoms with van der Waals surface area (Å²) < 4.78 is 0. The smallest absolute Gasteiger partial charge is 0.228 e. The van der Waals surface area contributed by atoms with Crippen LogP contribution in [0.5, 0.6) is 0 Å². The van der Waals surface area contributed by atoms with E-state index in [0.29, 0.717) is 5.92 Å². The predicted molar refractivity (Wildman–Crippen MR) is 84.4 cm³/mol. The van der Waals surface area contributed by atoms with Crippen molar-refractivity contribution in [2.24, 2.45) is 17.3 Å². The van der Waals surface area contributed by atoms with Crippen molar-refractivity contribution < 1.29 is 4.79 Å². The lowest BCUT2D eigenvalue weighted by Crippen LogP contribution is -2.40. The lowest BCUT2D eigenvalue weighted by Gasteiger charge is -2.29. The first-order valence-electron chi connectivity index (χ1n) is 8.08. The van der Waals surface area contributed by atoms with Gasteiger partial charge >= 0.3 is 0 Å². The summed E-state index contributed by atoms with van der Waals surface area (Å²) in [6.45, 7) is 7.79. The molecular formula is C18H29NO. The lowest BCUT2D eigenvalue weighted by atomic mass is 9.93. The highest BCUT2D eigenvalue weighted by atomic mass is 16.2. The highest BCUT2D eigenvalue weighted by molar-refractivity contribution is 5.81. The van der Waals surface area contributed by atoms with Gasteiger partial charge in [0.05, 0.1) is 0 Å². The summed E-state index contributed by atoms with van der Waals surface area (Å²) in [5.74, 6) is 1.72. The Kier molecular flexibility index (Phi) is 5.06. The fraction of sp³-hybridized carbons (Fsp3) is 0.722. The number of rotatable bonds is 5.